The molecule has 0 spiro atoms. The molecule has 0 amide bonds. The molecule has 1 aliphatic rings. The summed E-state index contributed by atoms with van der Waals surface area (Å²) in [5, 5.41) is 32.6. The molecule has 0 aromatic carbocycles. The largest absolute Gasteiger partial charge is 0.463 e. The number of esters is 2. The molecular weight excluding hydrogens is 368 g/mol. The number of rotatable bonds is 6. The van der Waals surface area contributed by atoms with Gasteiger partial charge in [-0.2, -0.15) is 0 Å². The molecule has 27 heavy (non-hydrogen) atoms. The van der Waals surface area contributed by atoms with Crippen molar-refractivity contribution in [1.82, 2.24) is 0 Å². The van der Waals surface area contributed by atoms with Crippen LogP contribution in [0, 0.1) is 0 Å². The Morgan fingerprint density at radius 3 is 1.70 bits per heavy atom. The number of carbonyl (C=O) groups is 5. The van der Waals surface area contributed by atoms with Gasteiger partial charge in [0, 0.05) is 20.8 Å². The van der Waals surface area contributed by atoms with Crippen LogP contribution in [-0.4, -0.2) is 80.4 Å². The van der Waals surface area contributed by atoms with E-state index < -0.39 is 65.1 Å². The summed E-state index contributed by atoms with van der Waals surface area (Å²) in [5.41, 5.74) is -6.79. The summed E-state index contributed by atoms with van der Waals surface area (Å²) in [6.07, 6.45) is -3.85. The Balaban J connectivity index is 3.77. The van der Waals surface area contributed by atoms with Crippen LogP contribution in [0.5, 0.6) is 0 Å². The molecule has 11 nitrogen and oxygen atoms in total. The maximum atomic E-state index is 12.3. The first-order chi connectivity index (χ1) is 12.2. The lowest BCUT2D eigenvalue weighted by molar-refractivity contribution is -0.375. The SMILES string of the molecule is CC(=O)OC[C@H]1O[C@](O)(C(C)=O)[C@@](O)(C(C)=O)[C@](O)(C(C)=O)[C@H]1OC(C)=O. The summed E-state index contributed by atoms with van der Waals surface area (Å²) >= 11 is 0. The van der Waals surface area contributed by atoms with Gasteiger partial charge in [0.05, 0.1) is 0 Å². The van der Waals surface area contributed by atoms with Gasteiger partial charge in [-0.15, -0.1) is 0 Å². The predicted octanol–water partition coefficient (Wildman–Crippen LogP) is -2.20. The van der Waals surface area contributed by atoms with Gasteiger partial charge in [-0.3, -0.25) is 24.0 Å². The van der Waals surface area contributed by atoms with E-state index in [1.54, 1.807) is 0 Å². The van der Waals surface area contributed by atoms with E-state index in [1.807, 2.05) is 0 Å². The van der Waals surface area contributed by atoms with Crippen molar-refractivity contribution in [3.05, 3.63) is 0 Å². The number of hydrogen-bond donors (Lipinski definition) is 3. The Morgan fingerprint density at radius 2 is 1.37 bits per heavy atom. The highest BCUT2D eigenvalue weighted by Gasteiger charge is 2.78. The topological polar surface area (TPSA) is 174 Å². The second kappa shape index (κ2) is 7.43. The minimum atomic E-state index is -3.51. The molecule has 0 aromatic heterocycles. The highest BCUT2D eigenvalue weighted by molar-refractivity contribution is 6.04. The first kappa shape index (κ1) is 22.8. The van der Waals surface area contributed by atoms with Gasteiger partial charge in [0.25, 0.3) is 5.79 Å². The van der Waals surface area contributed by atoms with E-state index >= 15 is 0 Å². The Morgan fingerprint density at radius 1 is 0.852 bits per heavy atom. The van der Waals surface area contributed by atoms with Crippen LogP contribution in [-0.2, 0) is 38.2 Å². The first-order valence-electron chi connectivity index (χ1n) is 7.84. The van der Waals surface area contributed by atoms with Crippen molar-refractivity contribution >= 4 is 29.3 Å². The van der Waals surface area contributed by atoms with Crippen LogP contribution in [0.25, 0.3) is 0 Å². The third-order valence-electron chi connectivity index (χ3n) is 4.38. The lowest BCUT2D eigenvalue weighted by Gasteiger charge is -2.56. The van der Waals surface area contributed by atoms with Crippen molar-refractivity contribution in [2.45, 2.75) is 63.8 Å². The van der Waals surface area contributed by atoms with Crippen LogP contribution >= 0.6 is 0 Å². The summed E-state index contributed by atoms with van der Waals surface area (Å²) in [7, 11) is 0. The Hall–Kier alpha value is -2.21. The van der Waals surface area contributed by atoms with Crippen LogP contribution in [0.4, 0.5) is 0 Å². The normalized spacial score (nSPS) is 35.9. The fraction of sp³-hybridized carbons (Fsp3) is 0.688. The third-order valence-corrected chi connectivity index (χ3v) is 4.38. The van der Waals surface area contributed by atoms with Gasteiger partial charge in [0.1, 0.15) is 12.7 Å². The van der Waals surface area contributed by atoms with Crippen LogP contribution in [0.2, 0.25) is 0 Å². The minimum absolute atomic E-state index is 0.697. The Bertz CT molecular complexity index is 686. The van der Waals surface area contributed by atoms with Crippen molar-refractivity contribution in [1.29, 1.82) is 0 Å². The summed E-state index contributed by atoms with van der Waals surface area (Å²) in [6.45, 7) is 3.34. The van der Waals surface area contributed by atoms with E-state index in [4.69, 9.17) is 14.2 Å². The van der Waals surface area contributed by atoms with E-state index in [1.165, 1.54) is 0 Å². The standard InChI is InChI=1S/C16H22O11/c1-7(17)14(22)13(26-11(5)21)12(6-25-10(4)20)27-16(24,9(3)19)15(14,23)8(2)18/h12-13,22-24H,6H2,1-5H3/t12-,13+,14+,15-,16-/m1/s1. The molecule has 0 saturated carbocycles. The van der Waals surface area contributed by atoms with E-state index in [-0.39, 0.29) is 0 Å². The van der Waals surface area contributed by atoms with E-state index in [0.29, 0.717) is 6.92 Å². The van der Waals surface area contributed by atoms with Crippen LogP contribution in [0.15, 0.2) is 0 Å². The zero-order valence-electron chi connectivity index (χ0n) is 15.5. The van der Waals surface area contributed by atoms with Gasteiger partial charge in [-0.05, 0) is 13.8 Å². The molecule has 1 fully saturated rings. The lowest BCUT2D eigenvalue weighted by Crippen LogP contribution is -2.85. The van der Waals surface area contributed by atoms with Gasteiger partial charge < -0.3 is 29.5 Å². The molecule has 1 heterocycles. The lowest BCUT2D eigenvalue weighted by atomic mass is 9.64. The monoisotopic (exact) mass is 390 g/mol. The van der Waals surface area contributed by atoms with Gasteiger partial charge in [0.2, 0.25) is 11.2 Å². The van der Waals surface area contributed by atoms with Gasteiger partial charge in [-0.25, -0.2) is 0 Å². The summed E-state index contributed by atoms with van der Waals surface area (Å²) in [5.74, 6) is -9.29. The van der Waals surface area contributed by atoms with Crippen molar-refractivity contribution < 1.29 is 53.5 Å². The molecule has 11 heteroatoms. The van der Waals surface area contributed by atoms with Crippen molar-refractivity contribution in [2.75, 3.05) is 6.61 Å². The van der Waals surface area contributed by atoms with E-state index in [2.05, 4.69) is 0 Å². The summed E-state index contributed by atoms with van der Waals surface area (Å²) < 4.78 is 14.7. The highest BCUT2D eigenvalue weighted by Crippen LogP contribution is 2.46. The fourth-order valence-electron chi connectivity index (χ4n) is 3.06. The molecule has 0 aromatic rings. The molecule has 5 atom stereocenters. The van der Waals surface area contributed by atoms with Crippen molar-refractivity contribution in [3.8, 4) is 0 Å². The molecule has 1 saturated heterocycles. The molecule has 1 rings (SSSR count). The molecule has 0 unspecified atom stereocenters. The second-order valence-electron chi connectivity index (χ2n) is 6.28. The van der Waals surface area contributed by atoms with Gasteiger partial charge in [-0.1, -0.05) is 0 Å². The maximum Gasteiger partial charge on any atom is 0.303 e. The van der Waals surface area contributed by atoms with E-state index in [9.17, 15) is 39.3 Å². The Kier molecular flexibility index (Phi) is 6.28. The highest BCUT2D eigenvalue weighted by atomic mass is 16.7. The van der Waals surface area contributed by atoms with E-state index in [0.717, 1.165) is 27.7 Å². The number of hydrogen-bond acceptors (Lipinski definition) is 11. The molecule has 1 aliphatic heterocycles. The number of carbonyl (C=O) groups excluding carboxylic acids is 5. The van der Waals surface area contributed by atoms with Crippen LogP contribution in [0.1, 0.15) is 34.6 Å². The number of Topliss-reactive ketones (excluding diaryl/α,β-unsaturated/α-hetero) is 3. The van der Waals surface area contributed by atoms with Crippen LogP contribution in [0.3, 0.4) is 0 Å². The predicted molar refractivity (Wildman–Crippen MR) is 84.0 cm³/mol. The zero-order chi connectivity index (χ0) is 21.4. The molecule has 0 bridgehead atoms. The Labute approximate surface area is 154 Å². The fourth-order valence-corrected chi connectivity index (χ4v) is 3.06. The number of aliphatic hydroxyl groups is 3. The maximum absolute atomic E-state index is 12.3. The minimum Gasteiger partial charge on any atom is -0.463 e. The second-order valence-corrected chi connectivity index (χ2v) is 6.28. The molecule has 0 radical (unpaired) electrons. The van der Waals surface area contributed by atoms with Crippen molar-refractivity contribution in [2.24, 2.45) is 0 Å². The third kappa shape index (κ3) is 3.38. The molecular formula is C16H22O11. The summed E-state index contributed by atoms with van der Waals surface area (Å²) in [4.78, 5) is 59.1. The smallest absolute Gasteiger partial charge is 0.303 e. The first-order valence-corrected chi connectivity index (χ1v) is 7.84. The average molecular weight is 390 g/mol. The number of ether oxygens (including phenoxy) is 3. The number of ketones is 3. The summed E-state index contributed by atoms with van der Waals surface area (Å²) in [6, 6.07) is 0. The van der Waals surface area contributed by atoms with Crippen molar-refractivity contribution in [3.63, 3.8) is 0 Å². The zero-order valence-corrected chi connectivity index (χ0v) is 15.5. The van der Waals surface area contributed by atoms with Crippen LogP contribution < -0.4 is 0 Å². The molecule has 152 valence electrons. The van der Waals surface area contributed by atoms with Gasteiger partial charge in [0.15, 0.2) is 23.5 Å². The molecule has 0 aliphatic carbocycles. The van der Waals surface area contributed by atoms with Gasteiger partial charge >= 0.3 is 11.9 Å². The molecule has 3 N–H and O–H groups in total. The quantitative estimate of drug-likeness (QED) is 0.420. The average Bonchev–Trinajstić information content (AvgIpc) is 2.52.